The van der Waals surface area contributed by atoms with Crippen molar-refractivity contribution in [2.24, 2.45) is 5.41 Å². The molecule has 0 saturated carbocycles. The molecular formula is C19H33O3P. The van der Waals surface area contributed by atoms with E-state index in [9.17, 15) is 9.46 Å². The molecule has 132 valence electrons. The molecular weight excluding hydrogens is 307 g/mol. The van der Waals surface area contributed by atoms with Gasteiger partial charge in [-0.2, -0.15) is 0 Å². The standard InChI is InChI=1S/C19H33O3P/c1-7-17(4)22-23(20,21)14-12-15(2)10-11-18-16(3)9-8-13-19(18,5)6/h10,12,14,17H,7-9,11,13H2,1-6H3,(H,20,21). The number of hydrogen-bond donors (Lipinski definition) is 1. The van der Waals surface area contributed by atoms with Crippen LogP contribution in [-0.2, 0) is 9.09 Å². The highest BCUT2D eigenvalue weighted by Crippen LogP contribution is 2.46. The molecule has 0 aromatic heterocycles. The molecule has 0 aromatic carbocycles. The molecule has 1 aliphatic carbocycles. The third-order valence-electron chi connectivity index (χ3n) is 4.75. The smallest absolute Gasteiger partial charge is 0.321 e. The van der Waals surface area contributed by atoms with Gasteiger partial charge in [0.1, 0.15) is 0 Å². The zero-order chi connectivity index (χ0) is 17.7. The summed E-state index contributed by atoms with van der Waals surface area (Å²) in [4.78, 5) is 9.82. The van der Waals surface area contributed by atoms with Crippen LogP contribution in [0.2, 0.25) is 0 Å². The van der Waals surface area contributed by atoms with Crippen LogP contribution in [-0.4, -0.2) is 11.0 Å². The summed E-state index contributed by atoms with van der Waals surface area (Å²) in [5.74, 6) is 1.30. The third kappa shape index (κ3) is 6.79. The van der Waals surface area contributed by atoms with Crippen molar-refractivity contribution in [1.82, 2.24) is 0 Å². The number of allylic oxidation sites excluding steroid dienone is 5. The Hall–Kier alpha value is -0.630. The molecule has 0 radical (unpaired) electrons. The van der Waals surface area contributed by atoms with Gasteiger partial charge in [0.25, 0.3) is 0 Å². The quantitative estimate of drug-likeness (QED) is 0.333. The minimum atomic E-state index is -3.65. The van der Waals surface area contributed by atoms with Gasteiger partial charge in [-0.05, 0) is 58.3 Å². The second-order valence-corrected chi connectivity index (χ2v) is 8.99. The fourth-order valence-corrected chi connectivity index (χ4v) is 4.19. The highest BCUT2D eigenvalue weighted by molar-refractivity contribution is 7.56. The second kappa shape index (κ2) is 8.46. The highest BCUT2D eigenvalue weighted by atomic mass is 31.2. The van der Waals surface area contributed by atoms with Crippen LogP contribution in [0.4, 0.5) is 0 Å². The van der Waals surface area contributed by atoms with E-state index in [4.69, 9.17) is 4.52 Å². The summed E-state index contributed by atoms with van der Waals surface area (Å²) in [5.41, 5.74) is 4.27. The van der Waals surface area contributed by atoms with E-state index in [1.165, 1.54) is 36.2 Å². The van der Waals surface area contributed by atoms with Gasteiger partial charge in [-0.3, -0.25) is 4.57 Å². The van der Waals surface area contributed by atoms with Gasteiger partial charge in [-0.1, -0.05) is 49.6 Å². The highest BCUT2D eigenvalue weighted by Gasteiger charge is 2.27. The van der Waals surface area contributed by atoms with Crippen molar-refractivity contribution in [3.63, 3.8) is 0 Å². The maximum absolute atomic E-state index is 12.0. The minimum Gasteiger partial charge on any atom is -0.321 e. The molecule has 4 heteroatoms. The van der Waals surface area contributed by atoms with Gasteiger partial charge >= 0.3 is 7.60 Å². The summed E-state index contributed by atoms with van der Waals surface area (Å²) in [7, 11) is -3.65. The second-order valence-electron chi connectivity index (χ2n) is 7.35. The third-order valence-corrected chi connectivity index (χ3v) is 5.93. The van der Waals surface area contributed by atoms with Crippen molar-refractivity contribution in [1.29, 1.82) is 0 Å². The van der Waals surface area contributed by atoms with E-state index in [-0.39, 0.29) is 11.5 Å². The average molecular weight is 340 g/mol. The van der Waals surface area contributed by atoms with Crippen LogP contribution >= 0.6 is 7.60 Å². The lowest BCUT2D eigenvalue weighted by atomic mass is 9.71. The van der Waals surface area contributed by atoms with Crippen LogP contribution in [0.25, 0.3) is 0 Å². The molecule has 1 N–H and O–H groups in total. The van der Waals surface area contributed by atoms with E-state index < -0.39 is 7.60 Å². The van der Waals surface area contributed by atoms with E-state index in [0.717, 1.165) is 18.4 Å². The van der Waals surface area contributed by atoms with Crippen LogP contribution in [0.3, 0.4) is 0 Å². The van der Waals surface area contributed by atoms with E-state index in [2.05, 4.69) is 26.8 Å². The monoisotopic (exact) mass is 340 g/mol. The van der Waals surface area contributed by atoms with E-state index >= 15 is 0 Å². The predicted octanol–water partition coefficient (Wildman–Crippen LogP) is 6.36. The van der Waals surface area contributed by atoms with Gasteiger partial charge < -0.3 is 9.42 Å². The van der Waals surface area contributed by atoms with Crippen molar-refractivity contribution in [3.05, 3.63) is 34.7 Å². The summed E-state index contributed by atoms with van der Waals surface area (Å²) < 4.78 is 17.1. The molecule has 0 bridgehead atoms. The molecule has 23 heavy (non-hydrogen) atoms. The van der Waals surface area contributed by atoms with Crippen molar-refractivity contribution in [3.8, 4) is 0 Å². The van der Waals surface area contributed by atoms with E-state index in [0.29, 0.717) is 0 Å². The molecule has 0 amide bonds. The number of hydrogen-bond acceptors (Lipinski definition) is 2. The molecule has 1 aliphatic rings. The Kier molecular flexibility index (Phi) is 7.51. The molecule has 0 spiro atoms. The maximum atomic E-state index is 12.0. The molecule has 0 aromatic rings. The van der Waals surface area contributed by atoms with Gasteiger partial charge in [0, 0.05) is 5.82 Å². The van der Waals surface area contributed by atoms with Crippen molar-refractivity contribution in [2.75, 3.05) is 0 Å². The van der Waals surface area contributed by atoms with Crippen molar-refractivity contribution in [2.45, 2.75) is 79.8 Å². The van der Waals surface area contributed by atoms with Crippen molar-refractivity contribution >= 4 is 7.60 Å². The zero-order valence-electron chi connectivity index (χ0n) is 15.6. The Balaban J connectivity index is 2.74. The van der Waals surface area contributed by atoms with Gasteiger partial charge in [-0.15, -0.1) is 0 Å². The Labute approximate surface area is 142 Å². The van der Waals surface area contributed by atoms with Crippen LogP contribution < -0.4 is 0 Å². The molecule has 1 rings (SSSR count). The summed E-state index contributed by atoms with van der Waals surface area (Å²) in [6, 6.07) is 0. The zero-order valence-corrected chi connectivity index (χ0v) is 16.5. The normalized spacial score (nSPS) is 23.2. The lowest BCUT2D eigenvalue weighted by Gasteiger charge is -2.34. The molecule has 0 aliphatic heterocycles. The molecule has 0 heterocycles. The summed E-state index contributed by atoms with van der Waals surface area (Å²) in [6.07, 6.45) is 8.96. The predicted molar refractivity (Wildman–Crippen MR) is 98.5 cm³/mol. The largest absolute Gasteiger partial charge is 0.351 e. The number of rotatable bonds is 7. The van der Waals surface area contributed by atoms with Crippen LogP contribution in [0, 0.1) is 5.41 Å². The van der Waals surface area contributed by atoms with Crippen LogP contribution in [0.1, 0.15) is 73.6 Å². The molecule has 3 nitrogen and oxygen atoms in total. The first-order chi connectivity index (χ1) is 10.6. The SMILES string of the molecule is CCC(C)OP(=O)(O)C=CC(C)=CCC1=C(C)CCCC1(C)C. The Bertz CT molecular complexity index is 541. The molecule has 2 unspecified atom stereocenters. The summed E-state index contributed by atoms with van der Waals surface area (Å²) in [6.45, 7) is 12.6. The van der Waals surface area contributed by atoms with Gasteiger partial charge in [-0.25, -0.2) is 0 Å². The van der Waals surface area contributed by atoms with Crippen LogP contribution in [0.5, 0.6) is 0 Å². The first kappa shape index (κ1) is 20.4. The maximum Gasteiger partial charge on any atom is 0.351 e. The minimum absolute atomic E-state index is 0.212. The first-order valence-corrected chi connectivity index (χ1v) is 10.3. The fraction of sp³-hybridized carbons (Fsp3) is 0.684. The van der Waals surface area contributed by atoms with E-state index in [1.54, 1.807) is 13.0 Å². The van der Waals surface area contributed by atoms with Crippen molar-refractivity contribution < 1.29 is 14.0 Å². The molecule has 0 saturated heterocycles. The molecule has 0 fully saturated rings. The van der Waals surface area contributed by atoms with Gasteiger partial charge in [0.2, 0.25) is 0 Å². The topological polar surface area (TPSA) is 46.5 Å². The summed E-state index contributed by atoms with van der Waals surface area (Å²) >= 11 is 0. The van der Waals surface area contributed by atoms with E-state index in [1.807, 2.05) is 13.8 Å². The molecule has 2 atom stereocenters. The van der Waals surface area contributed by atoms with Gasteiger partial charge in [0.05, 0.1) is 6.10 Å². The Morgan fingerprint density at radius 1 is 1.48 bits per heavy atom. The lowest BCUT2D eigenvalue weighted by Crippen LogP contribution is -2.20. The summed E-state index contributed by atoms with van der Waals surface area (Å²) in [5, 5.41) is 0. The lowest BCUT2D eigenvalue weighted by molar-refractivity contribution is 0.191. The van der Waals surface area contributed by atoms with Gasteiger partial charge in [0.15, 0.2) is 0 Å². The van der Waals surface area contributed by atoms with Crippen LogP contribution in [0.15, 0.2) is 34.7 Å². The Morgan fingerprint density at radius 3 is 2.70 bits per heavy atom. The Morgan fingerprint density at radius 2 is 2.13 bits per heavy atom. The average Bonchev–Trinajstić information content (AvgIpc) is 2.43. The first-order valence-electron chi connectivity index (χ1n) is 8.63. The fourth-order valence-electron chi connectivity index (χ4n) is 3.04.